The lowest BCUT2D eigenvalue weighted by atomic mass is 10.1. The molecule has 0 aliphatic rings. The van der Waals surface area contributed by atoms with E-state index in [1.807, 2.05) is 0 Å². The van der Waals surface area contributed by atoms with Crippen molar-refractivity contribution in [2.45, 2.75) is 6.92 Å². The van der Waals surface area contributed by atoms with Gasteiger partial charge < -0.3 is 9.84 Å². The van der Waals surface area contributed by atoms with E-state index in [4.69, 9.17) is 5.11 Å². The average Bonchev–Trinajstić information content (AvgIpc) is 2.17. The average molecular weight is 208 g/mol. The molecule has 1 N–H and O–H groups in total. The molecule has 0 aliphatic carbocycles. The Labute approximate surface area is 85.3 Å². The number of aromatic carboxylic acids is 1. The number of hydrogen-bond donors (Lipinski definition) is 1. The van der Waals surface area contributed by atoms with Crippen LogP contribution in [0.25, 0.3) is 0 Å². The predicted octanol–water partition coefficient (Wildman–Crippen LogP) is 1.09. The van der Waals surface area contributed by atoms with Crippen molar-refractivity contribution in [3.8, 4) is 0 Å². The summed E-state index contributed by atoms with van der Waals surface area (Å²) < 4.78 is 4.30. The Bertz CT molecular complexity index is 422. The van der Waals surface area contributed by atoms with Gasteiger partial charge in [0.2, 0.25) is 0 Å². The number of esters is 2. The highest BCUT2D eigenvalue weighted by atomic mass is 16.6. The van der Waals surface area contributed by atoms with E-state index in [0.717, 1.165) is 13.0 Å². The summed E-state index contributed by atoms with van der Waals surface area (Å²) in [5.41, 5.74) is -0.00176. The Kier molecular flexibility index (Phi) is 3.17. The van der Waals surface area contributed by atoms with E-state index in [-0.39, 0.29) is 11.1 Å². The Morgan fingerprint density at radius 3 is 2.33 bits per heavy atom. The Morgan fingerprint density at radius 1 is 1.20 bits per heavy atom. The second kappa shape index (κ2) is 4.36. The molecule has 0 bridgehead atoms. The molecule has 1 aromatic carbocycles. The minimum atomic E-state index is -1.15. The minimum Gasteiger partial charge on any atom is -0.478 e. The summed E-state index contributed by atoms with van der Waals surface area (Å²) in [5.74, 6) is -2.74. The van der Waals surface area contributed by atoms with Crippen LogP contribution in [0.15, 0.2) is 24.3 Å². The third-order valence-corrected chi connectivity index (χ3v) is 1.58. The van der Waals surface area contributed by atoms with E-state index in [1.165, 1.54) is 18.2 Å². The largest absolute Gasteiger partial charge is 0.478 e. The number of carboxylic acids is 1. The lowest BCUT2D eigenvalue weighted by molar-refractivity contribution is -0.135. The van der Waals surface area contributed by atoms with Gasteiger partial charge in [-0.05, 0) is 18.2 Å². The summed E-state index contributed by atoms with van der Waals surface area (Å²) in [6.45, 7) is 1.10. The van der Waals surface area contributed by atoms with Crippen LogP contribution in [0.1, 0.15) is 27.6 Å². The third-order valence-electron chi connectivity index (χ3n) is 1.58. The van der Waals surface area contributed by atoms with Gasteiger partial charge in [0.05, 0.1) is 11.1 Å². The standard InChI is InChI=1S/C10H8O5/c1-6(11)15-10(14)8-4-2-3-7(5-8)9(12)13/h2-5H,1H3,(H,12,13). The molecule has 0 heterocycles. The van der Waals surface area contributed by atoms with E-state index in [0.29, 0.717) is 0 Å². The van der Waals surface area contributed by atoms with Gasteiger partial charge in [-0.2, -0.15) is 0 Å². The number of rotatable bonds is 2. The predicted molar refractivity (Wildman–Crippen MR) is 49.5 cm³/mol. The third kappa shape index (κ3) is 2.91. The molecule has 0 spiro atoms. The van der Waals surface area contributed by atoms with Gasteiger partial charge in [-0.3, -0.25) is 4.79 Å². The van der Waals surface area contributed by atoms with Crippen molar-refractivity contribution >= 4 is 17.9 Å². The molecule has 0 aromatic heterocycles. The monoisotopic (exact) mass is 208 g/mol. The summed E-state index contributed by atoms with van der Waals surface area (Å²) in [7, 11) is 0. The topological polar surface area (TPSA) is 80.7 Å². The lowest BCUT2D eigenvalue weighted by Gasteiger charge is -2.00. The van der Waals surface area contributed by atoms with Gasteiger partial charge in [0.15, 0.2) is 0 Å². The molecule has 78 valence electrons. The van der Waals surface area contributed by atoms with Crippen LogP contribution >= 0.6 is 0 Å². The first-order valence-corrected chi connectivity index (χ1v) is 4.07. The highest BCUT2D eigenvalue weighted by molar-refractivity contribution is 5.98. The molecule has 1 rings (SSSR count). The molecule has 1 aromatic rings. The number of carbonyl (C=O) groups excluding carboxylic acids is 2. The first kappa shape index (κ1) is 10.9. The Morgan fingerprint density at radius 2 is 1.80 bits per heavy atom. The van der Waals surface area contributed by atoms with Gasteiger partial charge in [-0.1, -0.05) is 6.07 Å². The highest BCUT2D eigenvalue weighted by Crippen LogP contribution is 2.06. The Hall–Kier alpha value is -2.17. The summed E-state index contributed by atoms with van der Waals surface area (Å²) in [4.78, 5) is 32.3. The highest BCUT2D eigenvalue weighted by Gasteiger charge is 2.11. The fraction of sp³-hybridized carbons (Fsp3) is 0.100. The maximum Gasteiger partial charge on any atom is 0.345 e. The van der Waals surface area contributed by atoms with Gasteiger partial charge in [0, 0.05) is 6.92 Å². The van der Waals surface area contributed by atoms with Gasteiger partial charge in [0.25, 0.3) is 0 Å². The molecule has 5 heteroatoms. The number of carboxylic acid groups (broad SMARTS) is 1. The summed E-state index contributed by atoms with van der Waals surface area (Å²) in [6.07, 6.45) is 0. The normalized spacial score (nSPS) is 9.40. The van der Waals surface area contributed by atoms with E-state index < -0.39 is 17.9 Å². The molecular formula is C10H8O5. The zero-order valence-electron chi connectivity index (χ0n) is 7.89. The lowest BCUT2D eigenvalue weighted by Crippen LogP contribution is -2.10. The molecule has 0 saturated carbocycles. The van der Waals surface area contributed by atoms with Crippen LogP contribution in [-0.4, -0.2) is 23.0 Å². The number of ether oxygens (including phenoxy) is 1. The van der Waals surface area contributed by atoms with Crippen molar-refractivity contribution in [3.63, 3.8) is 0 Å². The zero-order valence-corrected chi connectivity index (χ0v) is 7.89. The van der Waals surface area contributed by atoms with Crippen LogP contribution in [0.5, 0.6) is 0 Å². The smallest absolute Gasteiger partial charge is 0.345 e. The first-order chi connectivity index (χ1) is 7.00. The number of hydrogen-bond acceptors (Lipinski definition) is 4. The van der Waals surface area contributed by atoms with Crippen molar-refractivity contribution in [1.82, 2.24) is 0 Å². The van der Waals surface area contributed by atoms with E-state index >= 15 is 0 Å². The van der Waals surface area contributed by atoms with Gasteiger partial charge in [-0.15, -0.1) is 0 Å². The number of carbonyl (C=O) groups is 3. The van der Waals surface area contributed by atoms with Crippen LogP contribution in [0.4, 0.5) is 0 Å². The van der Waals surface area contributed by atoms with Crippen molar-refractivity contribution in [3.05, 3.63) is 35.4 Å². The molecular weight excluding hydrogens is 200 g/mol. The van der Waals surface area contributed by atoms with Crippen LogP contribution in [-0.2, 0) is 9.53 Å². The SMILES string of the molecule is CC(=O)OC(=O)c1cccc(C(=O)O)c1. The maximum absolute atomic E-state index is 11.2. The maximum atomic E-state index is 11.2. The van der Waals surface area contributed by atoms with E-state index in [9.17, 15) is 14.4 Å². The second-order valence-corrected chi connectivity index (χ2v) is 2.77. The molecule has 5 nitrogen and oxygen atoms in total. The minimum absolute atomic E-state index is 0.0325. The summed E-state index contributed by atoms with van der Waals surface area (Å²) >= 11 is 0. The van der Waals surface area contributed by atoms with Crippen molar-refractivity contribution in [2.24, 2.45) is 0 Å². The quantitative estimate of drug-likeness (QED) is 0.581. The van der Waals surface area contributed by atoms with Crippen molar-refractivity contribution in [2.75, 3.05) is 0 Å². The number of benzene rings is 1. The van der Waals surface area contributed by atoms with E-state index in [1.54, 1.807) is 0 Å². The second-order valence-electron chi connectivity index (χ2n) is 2.77. The van der Waals surface area contributed by atoms with Gasteiger partial charge >= 0.3 is 17.9 Å². The molecule has 0 atom stereocenters. The van der Waals surface area contributed by atoms with E-state index in [2.05, 4.69) is 4.74 Å². The molecule has 0 aliphatic heterocycles. The molecule has 15 heavy (non-hydrogen) atoms. The first-order valence-electron chi connectivity index (χ1n) is 4.07. The molecule has 0 unspecified atom stereocenters. The fourth-order valence-corrected chi connectivity index (χ4v) is 0.969. The summed E-state index contributed by atoms with van der Waals surface area (Å²) in [6, 6.07) is 5.26. The molecule has 0 radical (unpaired) electrons. The van der Waals surface area contributed by atoms with Crippen molar-refractivity contribution in [1.29, 1.82) is 0 Å². The summed E-state index contributed by atoms with van der Waals surface area (Å²) in [5, 5.41) is 8.65. The zero-order chi connectivity index (χ0) is 11.4. The van der Waals surface area contributed by atoms with Crippen LogP contribution in [0, 0.1) is 0 Å². The fourth-order valence-electron chi connectivity index (χ4n) is 0.969. The van der Waals surface area contributed by atoms with Crippen LogP contribution in [0.3, 0.4) is 0 Å². The van der Waals surface area contributed by atoms with Gasteiger partial charge in [-0.25, -0.2) is 9.59 Å². The Balaban J connectivity index is 2.95. The molecule has 0 fully saturated rings. The van der Waals surface area contributed by atoms with Crippen LogP contribution in [0.2, 0.25) is 0 Å². The molecule has 0 amide bonds. The van der Waals surface area contributed by atoms with Gasteiger partial charge in [0.1, 0.15) is 0 Å². The molecule has 0 saturated heterocycles. The van der Waals surface area contributed by atoms with Crippen LogP contribution < -0.4 is 0 Å². The van der Waals surface area contributed by atoms with Crippen molar-refractivity contribution < 1.29 is 24.2 Å².